The van der Waals surface area contributed by atoms with Crippen LogP contribution in [0.15, 0.2) is 24.3 Å². The van der Waals surface area contributed by atoms with Crippen molar-refractivity contribution in [2.45, 2.75) is 50.4 Å². The number of rotatable bonds is 5. The summed E-state index contributed by atoms with van der Waals surface area (Å²) in [7, 11) is 3.78. The van der Waals surface area contributed by atoms with Gasteiger partial charge in [0.15, 0.2) is 0 Å². The highest BCUT2D eigenvalue weighted by atomic mass is 35.5. The summed E-state index contributed by atoms with van der Waals surface area (Å²) in [5, 5.41) is 3.63. The number of hydrogen-bond donors (Lipinski definition) is 1. The van der Waals surface area contributed by atoms with Crippen LogP contribution in [0.25, 0.3) is 0 Å². The second-order valence-corrected chi connectivity index (χ2v) is 7.02. The topological polar surface area (TPSA) is 35.6 Å². The number of carbonyl (C=O) groups is 1. The number of fused-ring (bicyclic) bond motifs is 2. The third-order valence-corrected chi connectivity index (χ3v) is 5.25. The van der Waals surface area contributed by atoms with Gasteiger partial charge in [0.05, 0.1) is 6.54 Å². The molecule has 2 saturated heterocycles. The molecule has 6 heteroatoms. The van der Waals surface area contributed by atoms with Gasteiger partial charge in [0.1, 0.15) is 5.82 Å². The molecule has 134 valence electrons. The molecule has 1 N–H and O–H groups in total. The van der Waals surface area contributed by atoms with E-state index < -0.39 is 0 Å². The second-order valence-electron chi connectivity index (χ2n) is 7.02. The standard InChI is InChI=1S/C18H26FN3O.ClH/c1-21(16-9-14-7-8-15(10-16)20-14)12-18(23)22(2)11-13-5-3-4-6-17(13)19;/h3-6,14-16,20H,7-12H2,1-2H3;1H. The lowest BCUT2D eigenvalue weighted by Crippen LogP contribution is -2.49. The van der Waals surface area contributed by atoms with Gasteiger partial charge in [-0.3, -0.25) is 9.69 Å². The van der Waals surface area contributed by atoms with Crippen molar-refractivity contribution < 1.29 is 9.18 Å². The van der Waals surface area contributed by atoms with Gasteiger partial charge in [-0.15, -0.1) is 12.4 Å². The first kappa shape index (κ1) is 19.2. The molecule has 2 fully saturated rings. The van der Waals surface area contributed by atoms with Crippen LogP contribution in [-0.4, -0.2) is 54.5 Å². The fourth-order valence-electron chi connectivity index (χ4n) is 3.82. The minimum Gasteiger partial charge on any atom is -0.340 e. The lowest BCUT2D eigenvalue weighted by atomic mass is 9.98. The van der Waals surface area contributed by atoms with Gasteiger partial charge in [-0.05, 0) is 38.8 Å². The Labute approximate surface area is 149 Å². The van der Waals surface area contributed by atoms with Gasteiger partial charge < -0.3 is 10.2 Å². The lowest BCUT2D eigenvalue weighted by Gasteiger charge is -2.35. The summed E-state index contributed by atoms with van der Waals surface area (Å²) in [5.74, 6) is -0.211. The van der Waals surface area contributed by atoms with E-state index >= 15 is 0 Å². The van der Waals surface area contributed by atoms with E-state index in [1.807, 2.05) is 7.05 Å². The number of likely N-dealkylation sites (N-methyl/N-ethyl adjacent to an activating group) is 2. The fourth-order valence-corrected chi connectivity index (χ4v) is 3.82. The summed E-state index contributed by atoms with van der Waals surface area (Å²) in [5.41, 5.74) is 0.561. The van der Waals surface area contributed by atoms with E-state index in [0.717, 1.165) is 12.8 Å². The van der Waals surface area contributed by atoms with Crippen LogP contribution in [0.1, 0.15) is 31.2 Å². The highest BCUT2D eigenvalue weighted by Gasteiger charge is 2.35. The number of carbonyl (C=O) groups excluding carboxylic acids is 1. The van der Waals surface area contributed by atoms with Gasteiger partial charge in [-0.1, -0.05) is 18.2 Å². The van der Waals surface area contributed by atoms with Crippen LogP contribution in [0, 0.1) is 5.82 Å². The van der Waals surface area contributed by atoms with Crippen LogP contribution < -0.4 is 5.32 Å². The Bertz CT molecular complexity index is 559. The molecule has 2 bridgehead atoms. The Kier molecular flexibility index (Phi) is 6.61. The molecule has 4 nitrogen and oxygen atoms in total. The molecular weight excluding hydrogens is 329 g/mol. The number of halogens is 2. The summed E-state index contributed by atoms with van der Waals surface area (Å²) in [6.45, 7) is 0.714. The number of benzene rings is 1. The van der Waals surface area contributed by atoms with Gasteiger partial charge in [-0.2, -0.15) is 0 Å². The maximum absolute atomic E-state index is 13.7. The Hall–Kier alpha value is -1.17. The predicted molar refractivity (Wildman–Crippen MR) is 95.7 cm³/mol. The van der Waals surface area contributed by atoms with Gasteiger partial charge in [0.25, 0.3) is 0 Å². The maximum Gasteiger partial charge on any atom is 0.236 e. The molecular formula is C18H27ClFN3O. The SMILES string of the molecule is CN(Cc1ccccc1F)C(=O)CN(C)C1CC2CCC(C1)N2.Cl. The van der Waals surface area contributed by atoms with Gasteiger partial charge in [0.2, 0.25) is 5.91 Å². The molecule has 1 amide bonds. The van der Waals surface area contributed by atoms with Crippen LogP contribution in [0.2, 0.25) is 0 Å². The smallest absolute Gasteiger partial charge is 0.236 e. The molecule has 1 aromatic rings. The van der Waals surface area contributed by atoms with Crippen molar-refractivity contribution in [3.8, 4) is 0 Å². The molecule has 1 aromatic carbocycles. The van der Waals surface area contributed by atoms with E-state index in [1.165, 1.54) is 18.9 Å². The third-order valence-electron chi connectivity index (χ3n) is 5.25. The van der Waals surface area contributed by atoms with Crippen LogP contribution in [0.4, 0.5) is 4.39 Å². The predicted octanol–water partition coefficient (Wildman–Crippen LogP) is 2.42. The molecule has 0 aliphatic carbocycles. The van der Waals surface area contributed by atoms with Crippen molar-refractivity contribution >= 4 is 18.3 Å². The van der Waals surface area contributed by atoms with Gasteiger partial charge in [0, 0.05) is 37.3 Å². The average Bonchev–Trinajstić information content (AvgIpc) is 2.87. The number of amides is 1. The molecule has 0 aromatic heterocycles. The molecule has 0 spiro atoms. The average molecular weight is 356 g/mol. The van der Waals surface area contributed by atoms with E-state index in [-0.39, 0.29) is 24.1 Å². The van der Waals surface area contributed by atoms with Gasteiger partial charge in [-0.25, -0.2) is 4.39 Å². The number of piperidine rings is 1. The van der Waals surface area contributed by atoms with Crippen molar-refractivity contribution in [1.29, 1.82) is 0 Å². The first-order chi connectivity index (χ1) is 11.0. The zero-order valence-electron chi connectivity index (χ0n) is 14.4. The summed E-state index contributed by atoms with van der Waals surface area (Å²) in [6, 6.07) is 8.34. The van der Waals surface area contributed by atoms with Crippen molar-refractivity contribution in [3.63, 3.8) is 0 Å². The van der Waals surface area contributed by atoms with Crippen molar-refractivity contribution in [2.24, 2.45) is 0 Å². The monoisotopic (exact) mass is 355 g/mol. The highest BCUT2D eigenvalue weighted by molar-refractivity contribution is 5.85. The molecule has 0 radical (unpaired) electrons. The summed E-state index contributed by atoms with van der Waals surface area (Å²) < 4.78 is 13.7. The molecule has 2 heterocycles. The number of nitrogens with zero attached hydrogens (tertiary/aromatic N) is 2. The molecule has 24 heavy (non-hydrogen) atoms. The molecule has 2 unspecified atom stereocenters. The van der Waals surface area contributed by atoms with E-state index in [2.05, 4.69) is 10.2 Å². The molecule has 3 rings (SSSR count). The van der Waals surface area contributed by atoms with Crippen LogP contribution in [0.5, 0.6) is 0 Å². The summed E-state index contributed by atoms with van der Waals surface area (Å²) in [4.78, 5) is 16.2. The van der Waals surface area contributed by atoms with E-state index in [4.69, 9.17) is 0 Å². The highest BCUT2D eigenvalue weighted by Crippen LogP contribution is 2.29. The third kappa shape index (κ3) is 4.47. The first-order valence-corrected chi connectivity index (χ1v) is 8.46. The van der Waals surface area contributed by atoms with Crippen LogP contribution in [0.3, 0.4) is 0 Å². The first-order valence-electron chi connectivity index (χ1n) is 8.46. The van der Waals surface area contributed by atoms with E-state index in [0.29, 0.717) is 36.8 Å². The normalized spacial score (nSPS) is 25.4. The lowest BCUT2D eigenvalue weighted by molar-refractivity contribution is -0.132. The minimum atomic E-state index is -0.254. The molecule has 0 saturated carbocycles. The van der Waals surface area contributed by atoms with E-state index in [1.54, 1.807) is 30.1 Å². The Morgan fingerprint density at radius 2 is 1.83 bits per heavy atom. The fraction of sp³-hybridized carbons (Fsp3) is 0.611. The molecule has 2 aliphatic heterocycles. The Morgan fingerprint density at radius 1 is 1.21 bits per heavy atom. The summed E-state index contributed by atoms with van der Waals surface area (Å²) in [6.07, 6.45) is 4.76. The Morgan fingerprint density at radius 3 is 2.46 bits per heavy atom. The maximum atomic E-state index is 13.7. The zero-order chi connectivity index (χ0) is 16.4. The minimum absolute atomic E-state index is 0. The van der Waals surface area contributed by atoms with Crippen molar-refractivity contribution in [2.75, 3.05) is 20.6 Å². The van der Waals surface area contributed by atoms with Crippen molar-refractivity contribution in [1.82, 2.24) is 15.1 Å². The van der Waals surface area contributed by atoms with Gasteiger partial charge >= 0.3 is 0 Å². The Balaban J connectivity index is 0.00000208. The zero-order valence-corrected chi connectivity index (χ0v) is 15.2. The largest absolute Gasteiger partial charge is 0.340 e. The summed E-state index contributed by atoms with van der Waals surface area (Å²) >= 11 is 0. The van der Waals surface area contributed by atoms with Crippen LogP contribution in [-0.2, 0) is 11.3 Å². The second kappa shape index (κ2) is 8.28. The molecule has 2 aliphatic rings. The molecule has 2 atom stereocenters. The van der Waals surface area contributed by atoms with Crippen molar-refractivity contribution in [3.05, 3.63) is 35.6 Å². The number of hydrogen-bond acceptors (Lipinski definition) is 3. The quantitative estimate of drug-likeness (QED) is 0.881. The number of nitrogens with one attached hydrogen (secondary N) is 1. The van der Waals surface area contributed by atoms with E-state index in [9.17, 15) is 9.18 Å². The van der Waals surface area contributed by atoms with Crippen LogP contribution >= 0.6 is 12.4 Å².